The van der Waals surface area contributed by atoms with Gasteiger partial charge in [-0.3, -0.25) is 9.58 Å². The molecule has 2 N–H and O–H groups in total. The van der Waals surface area contributed by atoms with Crippen molar-refractivity contribution >= 4 is 15.9 Å². The van der Waals surface area contributed by atoms with E-state index in [1.807, 2.05) is 18.7 Å². The van der Waals surface area contributed by atoms with Crippen LogP contribution in [0.3, 0.4) is 0 Å². The van der Waals surface area contributed by atoms with Crippen molar-refractivity contribution in [2.45, 2.75) is 19.5 Å². The van der Waals surface area contributed by atoms with E-state index in [4.69, 9.17) is 5.73 Å². The van der Waals surface area contributed by atoms with Gasteiger partial charge in [-0.25, -0.2) is 0 Å². The molecule has 1 aliphatic rings. The van der Waals surface area contributed by atoms with E-state index in [0.717, 1.165) is 29.8 Å². The predicted molar refractivity (Wildman–Crippen MR) is 58.9 cm³/mol. The number of likely N-dealkylation sites (tertiary alicyclic amines) is 1. The minimum absolute atomic E-state index is 0.364. The maximum atomic E-state index is 5.73. The molecule has 0 aliphatic carbocycles. The van der Waals surface area contributed by atoms with Gasteiger partial charge in [0.25, 0.3) is 0 Å². The summed E-state index contributed by atoms with van der Waals surface area (Å²) in [5.41, 5.74) is 8.01. The molecular formula is C9H15BrN4. The van der Waals surface area contributed by atoms with Gasteiger partial charge < -0.3 is 5.73 Å². The fourth-order valence-corrected chi connectivity index (χ4v) is 2.26. The number of nitrogens with zero attached hydrogens (tertiary/aromatic N) is 3. The molecule has 5 heteroatoms. The zero-order valence-electron chi connectivity index (χ0n) is 8.50. The fourth-order valence-electron chi connectivity index (χ4n) is 1.80. The molecule has 1 saturated heterocycles. The second-order valence-electron chi connectivity index (χ2n) is 3.92. The van der Waals surface area contributed by atoms with Gasteiger partial charge >= 0.3 is 0 Å². The van der Waals surface area contributed by atoms with Crippen molar-refractivity contribution in [3.8, 4) is 0 Å². The topological polar surface area (TPSA) is 47.1 Å². The normalized spacial score (nSPS) is 18.6. The Labute approximate surface area is 92.2 Å². The lowest BCUT2D eigenvalue weighted by Crippen LogP contribution is -2.55. The summed E-state index contributed by atoms with van der Waals surface area (Å²) in [6, 6.07) is 0.364. The van der Waals surface area contributed by atoms with Crippen LogP contribution in [0.25, 0.3) is 0 Å². The van der Waals surface area contributed by atoms with E-state index < -0.39 is 0 Å². The predicted octanol–water partition coefficient (Wildman–Crippen LogP) is 0.634. The lowest BCUT2D eigenvalue weighted by atomic mass is 10.1. The summed E-state index contributed by atoms with van der Waals surface area (Å²) >= 11 is 3.56. The Hall–Kier alpha value is -0.390. The van der Waals surface area contributed by atoms with Crippen LogP contribution in [0.5, 0.6) is 0 Å². The second kappa shape index (κ2) is 3.64. The average Bonchev–Trinajstić information content (AvgIpc) is 2.29. The third kappa shape index (κ3) is 1.71. The number of hydrogen-bond acceptors (Lipinski definition) is 3. The lowest BCUT2D eigenvalue weighted by molar-refractivity contribution is 0.138. The summed E-state index contributed by atoms with van der Waals surface area (Å²) in [4.78, 5) is 2.33. The second-order valence-corrected chi connectivity index (χ2v) is 4.72. The van der Waals surface area contributed by atoms with Gasteiger partial charge in [-0.05, 0) is 22.9 Å². The summed E-state index contributed by atoms with van der Waals surface area (Å²) in [7, 11) is 1.98. The highest BCUT2D eigenvalue weighted by Crippen LogP contribution is 2.23. The molecule has 78 valence electrons. The molecule has 1 aromatic heterocycles. The monoisotopic (exact) mass is 258 g/mol. The number of aromatic nitrogens is 2. The van der Waals surface area contributed by atoms with Crippen LogP contribution in [0.2, 0.25) is 0 Å². The first-order valence-corrected chi connectivity index (χ1v) is 5.53. The van der Waals surface area contributed by atoms with Crippen LogP contribution >= 0.6 is 15.9 Å². The highest BCUT2D eigenvalue weighted by atomic mass is 79.9. The van der Waals surface area contributed by atoms with Crippen LogP contribution in [0, 0.1) is 6.92 Å². The number of halogens is 1. The van der Waals surface area contributed by atoms with E-state index in [2.05, 4.69) is 25.9 Å². The Morgan fingerprint density at radius 1 is 1.57 bits per heavy atom. The number of rotatable bonds is 2. The maximum Gasteiger partial charge on any atom is 0.0739 e. The highest BCUT2D eigenvalue weighted by molar-refractivity contribution is 9.10. The van der Waals surface area contributed by atoms with Crippen LogP contribution in [-0.2, 0) is 13.6 Å². The van der Waals surface area contributed by atoms with Crippen molar-refractivity contribution in [1.29, 1.82) is 0 Å². The van der Waals surface area contributed by atoms with Gasteiger partial charge in [0.1, 0.15) is 0 Å². The molecule has 14 heavy (non-hydrogen) atoms. The molecule has 2 heterocycles. The van der Waals surface area contributed by atoms with E-state index in [1.165, 1.54) is 5.69 Å². The molecule has 0 radical (unpaired) electrons. The zero-order valence-corrected chi connectivity index (χ0v) is 10.1. The summed E-state index contributed by atoms with van der Waals surface area (Å²) in [6.45, 7) is 4.94. The standard InChI is InChI=1S/C9H15BrN4/c1-6-9(10)8(13(2)12-6)5-14-3-7(11)4-14/h7H,3-5,11H2,1-2H3. The van der Waals surface area contributed by atoms with Gasteiger partial charge in [0.15, 0.2) is 0 Å². The van der Waals surface area contributed by atoms with Crippen molar-refractivity contribution < 1.29 is 0 Å². The molecule has 1 aliphatic heterocycles. The minimum Gasteiger partial charge on any atom is -0.325 e. The molecule has 2 rings (SSSR count). The Kier molecular flexibility index (Phi) is 2.64. The first-order valence-electron chi connectivity index (χ1n) is 4.74. The van der Waals surface area contributed by atoms with Crippen LogP contribution < -0.4 is 5.73 Å². The largest absolute Gasteiger partial charge is 0.325 e. The molecule has 0 aromatic carbocycles. The van der Waals surface area contributed by atoms with Gasteiger partial charge in [0.05, 0.1) is 15.9 Å². The SMILES string of the molecule is Cc1nn(C)c(CN2CC(N)C2)c1Br. The molecule has 0 bridgehead atoms. The zero-order chi connectivity index (χ0) is 10.3. The minimum atomic E-state index is 0.364. The first kappa shape index (κ1) is 10.1. The van der Waals surface area contributed by atoms with Crippen molar-refractivity contribution in [3.05, 3.63) is 15.9 Å². The van der Waals surface area contributed by atoms with Crippen LogP contribution in [-0.4, -0.2) is 33.8 Å². The number of aryl methyl sites for hydroxylation is 2. The van der Waals surface area contributed by atoms with E-state index in [-0.39, 0.29) is 0 Å². The Morgan fingerprint density at radius 3 is 2.64 bits per heavy atom. The summed E-state index contributed by atoms with van der Waals surface area (Å²) in [6.07, 6.45) is 0. The Balaban J connectivity index is 2.09. The molecule has 0 atom stereocenters. The van der Waals surface area contributed by atoms with Crippen molar-refractivity contribution in [1.82, 2.24) is 14.7 Å². The molecule has 1 fully saturated rings. The van der Waals surface area contributed by atoms with Crippen LogP contribution in [0.15, 0.2) is 4.47 Å². The lowest BCUT2D eigenvalue weighted by Gasteiger charge is -2.36. The molecule has 1 aromatic rings. The third-order valence-corrected chi connectivity index (χ3v) is 3.65. The molecule has 0 amide bonds. The molecular weight excluding hydrogens is 244 g/mol. The first-order chi connectivity index (χ1) is 6.58. The van der Waals surface area contributed by atoms with E-state index in [1.54, 1.807) is 0 Å². The van der Waals surface area contributed by atoms with Crippen LogP contribution in [0.1, 0.15) is 11.4 Å². The van der Waals surface area contributed by atoms with Gasteiger partial charge in [0, 0.05) is 32.7 Å². The van der Waals surface area contributed by atoms with Gasteiger partial charge in [0.2, 0.25) is 0 Å². The van der Waals surface area contributed by atoms with Crippen molar-refractivity contribution in [2.24, 2.45) is 12.8 Å². The maximum absolute atomic E-state index is 5.73. The van der Waals surface area contributed by atoms with Gasteiger partial charge in [-0.15, -0.1) is 0 Å². The Morgan fingerprint density at radius 2 is 2.21 bits per heavy atom. The molecule has 0 spiro atoms. The van der Waals surface area contributed by atoms with Gasteiger partial charge in [-0.1, -0.05) is 0 Å². The third-order valence-electron chi connectivity index (χ3n) is 2.62. The van der Waals surface area contributed by atoms with Crippen molar-refractivity contribution in [2.75, 3.05) is 13.1 Å². The summed E-state index contributed by atoms with van der Waals surface area (Å²) in [5, 5.41) is 4.35. The highest BCUT2D eigenvalue weighted by Gasteiger charge is 2.25. The fraction of sp³-hybridized carbons (Fsp3) is 0.667. The number of hydrogen-bond donors (Lipinski definition) is 1. The van der Waals surface area contributed by atoms with Crippen molar-refractivity contribution in [3.63, 3.8) is 0 Å². The molecule has 0 unspecified atom stereocenters. The quantitative estimate of drug-likeness (QED) is 0.847. The average molecular weight is 259 g/mol. The molecule has 0 saturated carbocycles. The summed E-state index contributed by atoms with van der Waals surface area (Å²) < 4.78 is 3.06. The van der Waals surface area contributed by atoms with E-state index in [0.29, 0.717) is 6.04 Å². The van der Waals surface area contributed by atoms with Gasteiger partial charge in [-0.2, -0.15) is 5.10 Å². The van der Waals surface area contributed by atoms with Crippen LogP contribution in [0.4, 0.5) is 0 Å². The van der Waals surface area contributed by atoms with E-state index >= 15 is 0 Å². The Bertz CT molecular complexity index is 341. The molecule has 4 nitrogen and oxygen atoms in total. The number of nitrogens with two attached hydrogens (primary N) is 1. The smallest absolute Gasteiger partial charge is 0.0739 e. The summed E-state index contributed by atoms with van der Waals surface area (Å²) in [5.74, 6) is 0. The van der Waals surface area contributed by atoms with E-state index in [9.17, 15) is 0 Å².